The van der Waals surface area contributed by atoms with E-state index in [1.54, 1.807) is 0 Å². The molecule has 0 amide bonds. The van der Waals surface area contributed by atoms with Crippen LogP contribution >= 0.6 is 15.9 Å². The van der Waals surface area contributed by atoms with Crippen molar-refractivity contribution in [3.8, 4) is 0 Å². The summed E-state index contributed by atoms with van der Waals surface area (Å²) in [5, 5.41) is 3.41. The molecule has 0 radical (unpaired) electrons. The minimum absolute atomic E-state index is 0.0154. The number of aromatic nitrogens is 2. The normalized spacial score (nSPS) is 19.4. The first-order valence-corrected chi connectivity index (χ1v) is 6.02. The Labute approximate surface area is 103 Å². The highest BCUT2D eigenvalue weighted by Gasteiger charge is 2.28. The van der Waals surface area contributed by atoms with Gasteiger partial charge in [0.15, 0.2) is 0 Å². The highest BCUT2D eigenvalue weighted by molar-refractivity contribution is 9.10. The largest absolute Gasteiger partial charge is 0.383 e. The lowest BCUT2D eigenvalue weighted by molar-refractivity contribution is 0.0657. The number of hydrogen-bond donors (Lipinski definition) is 2. The van der Waals surface area contributed by atoms with Gasteiger partial charge in [0.05, 0.1) is 0 Å². The zero-order valence-corrected chi connectivity index (χ0v) is 10.7. The number of anilines is 2. The first-order valence-electron chi connectivity index (χ1n) is 5.23. The van der Waals surface area contributed by atoms with Crippen LogP contribution in [0.15, 0.2) is 10.8 Å². The van der Waals surface area contributed by atoms with Gasteiger partial charge >= 0.3 is 0 Å². The molecule has 1 aromatic rings. The van der Waals surface area contributed by atoms with Crippen LogP contribution in [-0.2, 0) is 4.74 Å². The predicted octanol–water partition coefficient (Wildman–Crippen LogP) is 1.80. The van der Waals surface area contributed by atoms with Crippen molar-refractivity contribution < 1.29 is 4.74 Å². The van der Waals surface area contributed by atoms with Gasteiger partial charge in [-0.3, -0.25) is 0 Å². The summed E-state index contributed by atoms with van der Waals surface area (Å²) >= 11 is 3.39. The smallest absolute Gasteiger partial charge is 0.146 e. The summed E-state index contributed by atoms with van der Waals surface area (Å²) in [7, 11) is 0. The molecular weight excluding hydrogens is 272 g/mol. The molecule has 0 unspecified atom stereocenters. The van der Waals surface area contributed by atoms with Gasteiger partial charge in [-0.05, 0) is 35.7 Å². The maximum Gasteiger partial charge on any atom is 0.146 e. The summed E-state index contributed by atoms with van der Waals surface area (Å²) in [4.78, 5) is 8.10. The molecule has 0 saturated carbocycles. The van der Waals surface area contributed by atoms with Crippen LogP contribution in [0.25, 0.3) is 0 Å². The van der Waals surface area contributed by atoms with E-state index in [-0.39, 0.29) is 5.54 Å². The van der Waals surface area contributed by atoms with Gasteiger partial charge in [0.1, 0.15) is 22.4 Å². The van der Waals surface area contributed by atoms with Gasteiger partial charge in [0.2, 0.25) is 0 Å². The van der Waals surface area contributed by atoms with Crippen molar-refractivity contribution >= 4 is 27.6 Å². The van der Waals surface area contributed by atoms with Crippen molar-refractivity contribution in [2.24, 2.45) is 0 Å². The number of nitrogens with two attached hydrogens (primary N) is 1. The van der Waals surface area contributed by atoms with E-state index in [1.807, 2.05) is 0 Å². The fourth-order valence-corrected chi connectivity index (χ4v) is 2.01. The zero-order valence-electron chi connectivity index (χ0n) is 9.16. The highest BCUT2D eigenvalue weighted by Crippen LogP contribution is 2.30. The summed E-state index contributed by atoms with van der Waals surface area (Å²) in [6.45, 7) is 3.73. The Hall–Kier alpha value is -0.880. The first-order chi connectivity index (χ1) is 7.61. The maximum absolute atomic E-state index is 5.71. The second-order valence-corrected chi connectivity index (χ2v) is 5.01. The molecule has 1 saturated heterocycles. The molecule has 0 spiro atoms. The number of halogens is 1. The van der Waals surface area contributed by atoms with Gasteiger partial charge in [0.25, 0.3) is 0 Å². The van der Waals surface area contributed by atoms with E-state index in [4.69, 9.17) is 10.5 Å². The molecule has 1 aliphatic heterocycles. The average Bonchev–Trinajstić information content (AvgIpc) is 2.26. The summed E-state index contributed by atoms with van der Waals surface area (Å²) in [6.07, 6.45) is 3.39. The van der Waals surface area contributed by atoms with Crippen molar-refractivity contribution in [1.82, 2.24) is 9.97 Å². The molecule has 0 aliphatic carbocycles. The van der Waals surface area contributed by atoms with Crippen molar-refractivity contribution in [3.63, 3.8) is 0 Å². The number of rotatable bonds is 2. The second-order valence-electron chi connectivity index (χ2n) is 4.22. The molecule has 0 bridgehead atoms. The summed E-state index contributed by atoms with van der Waals surface area (Å²) in [6, 6.07) is 0. The zero-order chi connectivity index (χ0) is 11.6. The number of nitrogen functional groups attached to an aromatic ring is 1. The Morgan fingerprint density at radius 3 is 2.81 bits per heavy atom. The van der Waals surface area contributed by atoms with Crippen molar-refractivity contribution in [3.05, 3.63) is 10.8 Å². The Morgan fingerprint density at radius 1 is 1.44 bits per heavy atom. The van der Waals surface area contributed by atoms with Gasteiger partial charge in [0, 0.05) is 18.8 Å². The predicted molar refractivity (Wildman–Crippen MR) is 66.2 cm³/mol. The highest BCUT2D eigenvalue weighted by atomic mass is 79.9. The monoisotopic (exact) mass is 286 g/mol. The molecule has 16 heavy (non-hydrogen) atoms. The van der Waals surface area contributed by atoms with Gasteiger partial charge in [-0.2, -0.15) is 0 Å². The number of nitrogens with one attached hydrogen (secondary N) is 1. The molecular formula is C10H15BrN4O. The molecule has 2 heterocycles. The van der Waals surface area contributed by atoms with Crippen molar-refractivity contribution in [2.75, 3.05) is 24.3 Å². The molecule has 5 nitrogen and oxygen atoms in total. The fraction of sp³-hybridized carbons (Fsp3) is 0.600. The van der Waals surface area contributed by atoms with Gasteiger partial charge in [-0.1, -0.05) is 0 Å². The maximum atomic E-state index is 5.71. The molecule has 1 fully saturated rings. The molecule has 6 heteroatoms. The van der Waals surface area contributed by atoms with Crippen molar-refractivity contribution in [2.45, 2.75) is 25.3 Å². The number of ether oxygens (including phenoxy) is 1. The van der Waals surface area contributed by atoms with E-state index in [2.05, 4.69) is 38.1 Å². The second kappa shape index (κ2) is 4.55. The van der Waals surface area contributed by atoms with E-state index in [9.17, 15) is 0 Å². The Balaban J connectivity index is 2.16. The topological polar surface area (TPSA) is 73.1 Å². The minimum atomic E-state index is 0.0154. The summed E-state index contributed by atoms with van der Waals surface area (Å²) < 4.78 is 6.07. The van der Waals surface area contributed by atoms with Crippen LogP contribution in [0.1, 0.15) is 19.8 Å². The third kappa shape index (κ3) is 2.44. The average molecular weight is 287 g/mol. The Bertz CT molecular complexity index is 379. The number of hydrogen-bond acceptors (Lipinski definition) is 5. The summed E-state index contributed by atoms with van der Waals surface area (Å²) in [5.74, 6) is 1.20. The molecule has 3 N–H and O–H groups in total. The van der Waals surface area contributed by atoms with Crippen LogP contribution in [0.5, 0.6) is 0 Å². The molecule has 88 valence electrons. The summed E-state index contributed by atoms with van der Waals surface area (Å²) in [5.41, 5.74) is 5.72. The quantitative estimate of drug-likeness (QED) is 0.867. The van der Waals surface area contributed by atoms with Crippen LogP contribution in [0.2, 0.25) is 0 Å². The number of nitrogens with zero attached hydrogens (tertiary/aromatic N) is 2. The Kier molecular flexibility index (Phi) is 3.30. The molecule has 1 aromatic heterocycles. The standard InChI is InChI=1S/C10H15BrN4O/c1-10(2-4-16-5-3-10)15-9-7(11)8(12)13-6-14-9/h6H,2-5H2,1H3,(H3,12,13,14,15). The first kappa shape index (κ1) is 11.6. The van der Waals surface area contributed by atoms with Crippen LogP contribution in [0.3, 0.4) is 0 Å². The third-order valence-electron chi connectivity index (χ3n) is 2.83. The van der Waals surface area contributed by atoms with Crippen LogP contribution in [0, 0.1) is 0 Å². The van der Waals surface area contributed by atoms with Gasteiger partial charge in [-0.25, -0.2) is 9.97 Å². The van der Waals surface area contributed by atoms with Crippen molar-refractivity contribution in [1.29, 1.82) is 0 Å². The van der Waals surface area contributed by atoms with E-state index in [1.165, 1.54) is 6.33 Å². The lowest BCUT2D eigenvalue weighted by atomic mass is 9.92. The van der Waals surface area contributed by atoms with E-state index < -0.39 is 0 Å². The minimum Gasteiger partial charge on any atom is -0.383 e. The SMILES string of the molecule is CC1(Nc2ncnc(N)c2Br)CCOCC1. The van der Waals surface area contributed by atoms with Gasteiger partial charge in [-0.15, -0.1) is 0 Å². The molecule has 1 aliphatic rings. The lowest BCUT2D eigenvalue weighted by Gasteiger charge is -2.35. The molecule has 0 atom stereocenters. The lowest BCUT2D eigenvalue weighted by Crippen LogP contribution is -2.41. The third-order valence-corrected chi connectivity index (χ3v) is 3.61. The molecule has 0 aromatic carbocycles. The van der Waals surface area contributed by atoms with E-state index in [0.717, 1.165) is 36.3 Å². The van der Waals surface area contributed by atoms with Crippen LogP contribution < -0.4 is 11.1 Å². The van der Waals surface area contributed by atoms with Crippen LogP contribution in [0.4, 0.5) is 11.6 Å². The van der Waals surface area contributed by atoms with E-state index >= 15 is 0 Å². The van der Waals surface area contributed by atoms with Gasteiger partial charge < -0.3 is 15.8 Å². The molecule has 2 rings (SSSR count). The fourth-order valence-electron chi connectivity index (χ4n) is 1.70. The van der Waals surface area contributed by atoms with Crippen LogP contribution in [-0.4, -0.2) is 28.7 Å². The Morgan fingerprint density at radius 2 is 2.12 bits per heavy atom. The van der Waals surface area contributed by atoms with E-state index in [0.29, 0.717) is 5.82 Å².